The summed E-state index contributed by atoms with van der Waals surface area (Å²) in [7, 11) is 1.51. The van der Waals surface area contributed by atoms with E-state index in [0.29, 0.717) is 43.5 Å². The Morgan fingerprint density at radius 3 is 2.61 bits per heavy atom. The lowest BCUT2D eigenvalue weighted by atomic mass is 10.1. The number of carbonyl (C=O) groups excluding carboxylic acids is 1. The average molecular weight is 506 g/mol. The number of hydrogen-bond acceptors (Lipinski definition) is 5. The molecule has 1 saturated heterocycles. The third-order valence-corrected chi connectivity index (χ3v) is 3.93. The van der Waals surface area contributed by atoms with Crippen molar-refractivity contribution in [3.05, 3.63) is 23.8 Å². The van der Waals surface area contributed by atoms with Crippen LogP contribution in [0.5, 0.6) is 11.5 Å². The van der Waals surface area contributed by atoms with Crippen LogP contribution in [0.15, 0.2) is 23.2 Å². The predicted octanol–water partition coefficient (Wildman–Crippen LogP) is 2.69. The zero-order valence-corrected chi connectivity index (χ0v) is 19.4. The number of aromatic hydroxyl groups is 1. The summed E-state index contributed by atoms with van der Waals surface area (Å²) in [6.45, 7) is 9.67. The molecule has 0 aliphatic carbocycles. The van der Waals surface area contributed by atoms with Gasteiger partial charge in [0.15, 0.2) is 17.5 Å². The van der Waals surface area contributed by atoms with E-state index in [1.165, 1.54) is 7.11 Å². The number of halogens is 1. The second kappa shape index (κ2) is 10.6. The minimum Gasteiger partial charge on any atom is -0.504 e. The van der Waals surface area contributed by atoms with Crippen molar-refractivity contribution in [2.75, 3.05) is 26.7 Å². The van der Waals surface area contributed by atoms with E-state index >= 15 is 0 Å². The molecule has 158 valence electrons. The van der Waals surface area contributed by atoms with Crippen molar-refractivity contribution in [2.45, 2.75) is 45.9 Å². The number of carbonyl (C=O) groups is 1. The van der Waals surface area contributed by atoms with Gasteiger partial charge in [-0.1, -0.05) is 12.1 Å². The van der Waals surface area contributed by atoms with Crippen molar-refractivity contribution in [2.24, 2.45) is 4.99 Å². The Bertz CT molecular complexity index is 685. The van der Waals surface area contributed by atoms with Gasteiger partial charge in [-0.25, -0.2) is 9.79 Å². The molecule has 8 nitrogen and oxygen atoms in total. The highest BCUT2D eigenvalue weighted by atomic mass is 127. The molecule has 0 saturated carbocycles. The first-order chi connectivity index (χ1) is 12.7. The first-order valence-electron chi connectivity index (χ1n) is 9.11. The van der Waals surface area contributed by atoms with Gasteiger partial charge in [-0.3, -0.25) is 0 Å². The van der Waals surface area contributed by atoms with Gasteiger partial charge < -0.3 is 30.1 Å². The molecule has 2 rings (SSSR count). The molecule has 0 spiro atoms. The van der Waals surface area contributed by atoms with E-state index in [-0.39, 0.29) is 41.9 Å². The Labute approximate surface area is 183 Å². The van der Waals surface area contributed by atoms with E-state index in [9.17, 15) is 9.90 Å². The zero-order valence-electron chi connectivity index (χ0n) is 17.1. The fraction of sp³-hybridized carbons (Fsp3) is 0.579. The number of likely N-dealkylation sites (tertiary alicyclic amines) is 1. The molecule has 28 heavy (non-hydrogen) atoms. The number of nitrogens with one attached hydrogen (secondary N) is 2. The summed E-state index contributed by atoms with van der Waals surface area (Å²) in [6, 6.07) is 5.42. The summed E-state index contributed by atoms with van der Waals surface area (Å²) in [5.41, 5.74) is 0.181. The molecular weight excluding hydrogens is 475 g/mol. The molecule has 1 heterocycles. The number of nitrogens with zero attached hydrogens (tertiary/aromatic N) is 2. The molecular formula is C19H31IN4O4. The molecule has 0 aromatic heterocycles. The highest BCUT2D eigenvalue weighted by Crippen LogP contribution is 2.29. The topological polar surface area (TPSA) is 95.4 Å². The molecule has 1 aliphatic rings. The van der Waals surface area contributed by atoms with Gasteiger partial charge in [0.25, 0.3) is 0 Å². The van der Waals surface area contributed by atoms with Crippen molar-refractivity contribution < 1.29 is 19.4 Å². The Morgan fingerprint density at radius 1 is 1.36 bits per heavy atom. The van der Waals surface area contributed by atoms with Crippen LogP contribution in [-0.2, 0) is 11.3 Å². The van der Waals surface area contributed by atoms with Gasteiger partial charge in [0.05, 0.1) is 19.7 Å². The number of aliphatic imine (C=N–C) groups is 1. The normalized spacial score (nSPS) is 14.6. The number of guanidine groups is 1. The van der Waals surface area contributed by atoms with E-state index in [2.05, 4.69) is 15.6 Å². The average Bonchev–Trinajstić information content (AvgIpc) is 2.54. The third kappa shape index (κ3) is 6.92. The van der Waals surface area contributed by atoms with Crippen molar-refractivity contribution in [3.63, 3.8) is 0 Å². The van der Waals surface area contributed by atoms with Gasteiger partial charge in [-0.05, 0) is 33.8 Å². The van der Waals surface area contributed by atoms with Gasteiger partial charge in [-0.15, -0.1) is 24.0 Å². The number of phenols is 1. The Kier molecular flexibility index (Phi) is 9.12. The fourth-order valence-corrected chi connectivity index (χ4v) is 2.58. The molecule has 1 aromatic carbocycles. The van der Waals surface area contributed by atoms with Crippen LogP contribution in [0.3, 0.4) is 0 Å². The molecule has 3 N–H and O–H groups in total. The largest absolute Gasteiger partial charge is 0.504 e. The molecule has 1 amide bonds. The van der Waals surface area contributed by atoms with Crippen LogP contribution in [0.4, 0.5) is 4.79 Å². The molecule has 0 unspecified atom stereocenters. The first-order valence-corrected chi connectivity index (χ1v) is 9.11. The molecule has 9 heteroatoms. The lowest BCUT2D eigenvalue weighted by Crippen LogP contribution is -2.63. The van der Waals surface area contributed by atoms with Crippen molar-refractivity contribution in [1.29, 1.82) is 0 Å². The maximum Gasteiger partial charge on any atom is 0.410 e. The van der Waals surface area contributed by atoms with Crippen LogP contribution in [0.25, 0.3) is 0 Å². The first kappa shape index (κ1) is 24.1. The van der Waals surface area contributed by atoms with E-state index in [1.807, 2.05) is 33.8 Å². The molecule has 0 radical (unpaired) electrons. The van der Waals surface area contributed by atoms with E-state index < -0.39 is 5.60 Å². The van der Waals surface area contributed by atoms with Crippen LogP contribution < -0.4 is 15.4 Å². The second-order valence-electron chi connectivity index (χ2n) is 7.39. The number of hydrogen-bond donors (Lipinski definition) is 3. The monoisotopic (exact) mass is 506 g/mol. The SMILES string of the molecule is CCNC(=NCc1cccc(OC)c1O)NC1CN(C(=O)OC(C)(C)C)C1.I. The molecule has 0 bridgehead atoms. The van der Waals surface area contributed by atoms with Crippen LogP contribution in [0, 0.1) is 0 Å². The van der Waals surface area contributed by atoms with E-state index in [1.54, 1.807) is 17.0 Å². The number of ether oxygens (including phenoxy) is 2. The third-order valence-electron chi connectivity index (χ3n) is 3.93. The number of para-hydroxylation sites is 1. The van der Waals surface area contributed by atoms with Crippen molar-refractivity contribution in [3.8, 4) is 11.5 Å². The minimum atomic E-state index is -0.495. The van der Waals surface area contributed by atoms with Gasteiger partial charge in [-0.2, -0.15) is 0 Å². The molecule has 1 fully saturated rings. The summed E-state index contributed by atoms with van der Waals surface area (Å²) in [6.07, 6.45) is -0.302. The lowest BCUT2D eigenvalue weighted by molar-refractivity contribution is 0.00700. The maximum absolute atomic E-state index is 12.0. The van der Waals surface area contributed by atoms with Gasteiger partial charge in [0.2, 0.25) is 0 Å². The van der Waals surface area contributed by atoms with Crippen LogP contribution in [-0.4, -0.2) is 60.4 Å². The highest BCUT2D eigenvalue weighted by molar-refractivity contribution is 14.0. The summed E-state index contributed by atoms with van der Waals surface area (Å²) in [5.74, 6) is 1.15. The molecule has 0 atom stereocenters. The van der Waals surface area contributed by atoms with Gasteiger partial charge in [0.1, 0.15) is 5.60 Å². The number of amides is 1. The fourth-order valence-electron chi connectivity index (χ4n) is 2.58. The number of benzene rings is 1. The summed E-state index contributed by atoms with van der Waals surface area (Å²) in [5, 5.41) is 16.6. The minimum absolute atomic E-state index is 0. The van der Waals surface area contributed by atoms with Gasteiger partial charge >= 0.3 is 6.09 Å². The van der Waals surface area contributed by atoms with Crippen LogP contribution in [0.2, 0.25) is 0 Å². The Balaban J connectivity index is 0.00000392. The summed E-state index contributed by atoms with van der Waals surface area (Å²) in [4.78, 5) is 18.2. The smallest absolute Gasteiger partial charge is 0.410 e. The number of rotatable bonds is 5. The standard InChI is InChI=1S/C19H30N4O4.HI/c1-6-20-17(21-10-13-8-7-9-15(26-5)16(13)24)22-14-11-23(12-14)18(25)27-19(2,3)4;/h7-9,14,24H,6,10-12H2,1-5H3,(H2,20,21,22);1H. The van der Waals surface area contributed by atoms with E-state index in [0.717, 1.165) is 0 Å². The quantitative estimate of drug-likeness (QED) is 0.323. The lowest BCUT2D eigenvalue weighted by Gasteiger charge is -2.40. The van der Waals surface area contributed by atoms with Crippen LogP contribution >= 0.6 is 24.0 Å². The molecule has 1 aromatic rings. The molecule has 1 aliphatic heterocycles. The number of phenolic OH excluding ortho intramolecular Hbond substituents is 1. The van der Waals surface area contributed by atoms with Crippen molar-refractivity contribution >= 4 is 36.0 Å². The second-order valence-corrected chi connectivity index (χ2v) is 7.39. The van der Waals surface area contributed by atoms with Crippen LogP contribution in [0.1, 0.15) is 33.3 Å². The van der Waals surface area contributed by atoms with Crippen molar-refractivity contribution in [1.82, 2.24) is 15.5 Å². The Morgan fingerprint density at radius 2 is 2.04 bits per heavy atom. The summed E-state index contributed by atoms with van der Waals surface area (Å²) < 4.78 is 10.5. The maximum atomic E-state index is 12.0. The zero-order chi connectivity index (χ0) is 20.0. The van der Waals surface area contributed by atoms with Gasteiger partial charge in [0, 0.05) is 25.2 Å². The highest BCUT2D eigenvalue weighted by Gasteiger charge is 2.34. The van der Waals surface area contributed by atoms with E-state index in [4.69, 9.17) is 9.47 Å². The predicted molar refractivity (Wildman–Crippen MR) is 120 cm³/mol. The summed E-state index contributed by atoms with van der Waals surface area (Å²) >= 11 is 0. The Hall–Kier alpha value is -1.91. The number of methoxy groups -OCH3 is 1.